The van der Waals surface area contributed by atoms with Crippen LogP contribution >= 0.6 is 11.9 Å². The molecule has 17 nitrogen and oxygen atoms in total. The van der Waals surface area contributed by atoms with Gasteiger partial charge in [0.15, 0.2) is 6.10 Å². The summed E-state index contributed by atoms with van der Waals surface area (Å²) < 4.78 is 7.04. The largest absolute Gasteiger partial charge is 0.481 e. The number of hydrogen-bond acceptors (Lipinski definition) is 13. The summed E-state index contributed by atoms with van der Waals surface area (Å²) in [5.41, 5.74) is 0. The van der Waals surface area contributed by atoms with Gasteiger partial charge in [0, 0.05) is 25.5 Å². The van der Waals surface area contributed by atoms with Gasteiger partial charge >= 0.3 is 11.9 Å². The number of ether oxygens (including phenoxy) is 1. The van der Waals surface area contributed by atoms with Crippen molar-refractivity contribution in [2.45, 2.75) is 38.3 Å². The molecule has 0 aliphatic rings. The minimum absolute atomic E-state index is 0.0678. The van der Waals surface area contributed by atoms with E-state index < -0.39 is 65.1 Å². The number of nitrogens with one attached hydrogen (secondary N) is 2. The average Bonchev–Trinajstić information content (AvgIpc) is 2.68. The highest BCUT2D eigenvalue weighted by Gasteiger charge is 2.26. The molecule has 0 aromatic rings. The molecule has 2 atom stereocenters. The minimum atomic E-state index is -1.66. The fourth-order valence-electron chi connectivity index (χ4n) is 1.74. The number of hydrogen-bond donors (Lipinski definition) is 3. The number of carboxylic acid groups (broad SMARTS) is 1. The lowest BCUT2D eigenvalue weighted by Crippen LogP contribution is -2.47. The van der Waals surface area contributed by atoms with Crippen molar-refractivity contribution in [3.63, 3.8) is 0 Å². The molecule has 0 unspecified atom stereocenters. The molecule has 0 bridgehead atoms. The van der Waals surface area contributed by atoms with Gasteiger partial charge in [-0.25, -0.2) is 4.79 Å². The number of carbonyl (C=O) groups is 5. The number of Topliss-reactive ketones (excluding diaryl/α,β-unsaturated/α-hetero) is 1. The van der Waals surface area contributed by atoms with Crippen LogP contribution in [0.25, 0.3) is 0 Å². The van der Waals surface area contributed by atoms with E-state index in [9.17, 15) is 44.2 Å². The summed E-state index contributed by atoms with van der Waals surface area (Å²) in [6.07, 6.45) is -1.94. The van der Waals surface area contributed by atoms with Crippen LogP contribution in [0.15, 0.2) is 0 Å². The Morgan fingerprint density at radius 2 is 1.72 bits per heavy atom. The van der Waals surface area contributed by atoms with Crippen molar-refractivity contribution < 1.29 is 53.7 Å². The predicted octanol–water partition coefficient (Wildman–Crippen LogP) is -1.59. The minimum Gasteiger partial charge on any atom is -0.481 e. The molecule has 3 N–H and O–H groups in total. The van der Waals surface area contributed by atoms with Crippen molar-refractivity contribution >= 4 is 41.5 Å². The van der Waals surface area contributed by atoms with Crippen LogP contribution in [0.5, 0.6) is 0 Å². The van der Waals surface area contributed by atoms with Gasteiger partial charge in [-0.05, 0) is 18.4 Å². The summed E-state index contributed by atoms with van der Waals surface area (Å²) >= 11 is 0.642. The van der Waals surface area contributed by atoms with Crippen LogP contribution in [0.3, 0.4) is 0 Å². The quantitative estimate of drug-likeness (QED) is 0.0692. The number of rotatable bonds is 17. The second-order valence-electron chi connectivity index (χ2n) is 5.77. The molecule has 0 aromatic carbocycles. The summed E-state index contributed by atoms with van der Waals surface area (Å²) in [6.45, 7) is -0.885. The Balaban J connectivity index is 4.85. The van der Waals surface area contributed by atoms with E-state index in [1.165, 1.54) is 0 Å². The van der Waals surface area contributed by atoms with Crippen LogP contribution in [0.4, 0.5) is 0 Å². The molecule has 0 radical (unpaired) electrons. The molecule has 0 aliphatic heterocycles. The first-order valence-corrected chi connectivity index (χ1v) is 9.59. The number of esters is 1. The van der Waals surface area contributed by atoms with Crippen molar-refractivity contribution in [3.05, 3.63) is 20.2 Å². The summed E-state index contributed by atoms with van der Waals surface area (Å²) in [7, 11) is 0. The topological polar surface area (TPSA) is 244 Å². The number of amides is 2. The molecule has 0 fully saturated rings. The molecule has 0 aliphatic carbocycles. The van der Waals surface area contributed by atoms with Crippen molar-refractivity contribution in [2.24, 2.45) is 0 Å². The zero-order valence-corrected chi connectivity index (χ0v) is 17.4. The maximum atomic E-state index is 12.2. The molecule has 0 rings (SSSR count). The number of nitrogens with zero attached hydrogens (tertiary/aromatic N) is 2. The molecule has 2 amide bonds. The molecule has 18 heteroatoms. The van der Waals surface area contributed by atoms with Gasteiger partial charge in [-0.3, -0.25) is 19.2 Å². The van der Waals surface area contributed by atoms with E-state index in [0.29, 0.717) is 11.9 Å². The zero-order chi connectivity index (χ0) is 24.7. The normalized spacial score (nSPS) is 11.9. The van der Waals surface area contributed by atoms with Crippen LogP contribution in [0.1, 0.15) is 26.2 Å². The maximum Gasteiger partial charge on any atom is 0.329 e. The molecule has 180 valence electrons. The van der Waals surface area contributed by atoms with Gasteiger partial charge in [0.25, 0.3) is 16.1 Å². The first-order valence-electron chi connectivity index (χ1n) is 8.61. The van der Waals surface area contributed by atoms with E-state index in [0.717, 1.165) is 6.92 Å². The van der Waals surface area contributed by atoms with Gasteiger partial charge in [-0.1, -0.05) is 0 Å². The van der Waals surface area contributed by atoms with Gasteiger partial charge in [0.2, 0.25) is 11.7 Å². The smallest absolute Gasteiger partial charge is 0.329 e. The second kappa shape index (κ2) is 15.2. The summed E-state index contributed by atoms with van der Waals surface area (Å²) in [4.78, 5) is 85.6. The molecule has 0 saturated carbocycles. The number of carbonyl (C=O) groups excluding carboxylic acids is 4. The Hall–Kier alpha value is -3.70. The molecular weight excluding hydrogens is 464 g/mol. The van der Waals surface area contributed by atoms with Gasteiger partial charge in [-0.15, -0.1) is 20.2 Å². The van der Waals surface area contributed by atoms with Crippen molar-refractivity contribution in [1.82, 2.24) is 10.0 Å². The maximum absolute atomic E-state index is 12.2. The van der Waals surface area contributed by atoms with Crippen molar-refractivity contribution in [3.8, 4) is 0 Å². The van der Waals surface area contributed by atoms with E-state index in [1.807, 2.05) is 5.32 Å². The van der Waals surface area contributed by atoms with Crippen LogP contribution < -0.4 is 10.0 Å². The molecule has 0 saturated heterocycles. The van der Waals surface area contributed by atoms with Crippen molar-refractivity contribution in [2.75, 3.05) is 19.0 Å². The lowest BCUT2D eigenvalue weighted by atomic mass is 10.2. The Kier molecular flexibility index (Phi) is 13.4. The predicted molar refractivity (Wildman–Crippen MR) is 100 cm³/mol. The standard InChI is InChI=1S/C14H20N4O13S/c1-8(19)13(23)15-10(7-32-16-11(20)3-2-4-12(21)22)14(24)29-5-9(31-18(27)28)6-30-17(25)26/h9-10H,2-7H2,1H3,(H,15,23)(H,16,20)(H,21,22)/t9-,10-/m0/s1. The fraction of sp³-hybridized carbons (Fsp3) is 0.643. The lowest BCUT2D eigenvalue weighted by Gasteiger charge is -2.19. The molecule has 32 heavy (non-hydrogen) atoms. The molecular formula is C14H20N4O13S. The highest BCUT2D eigenvalue weighted by Crippen LogP contribution is 2.05. The van der Waals surface area contributed by atoms with E-state index in [-0.39, 0.29) is 25.0 Å². The van der Waals surface area contributed by atoms with Gasteiger partial charge in [-0.2, -0.15) is 0 Å². The Labute approximate surface area is 183 Å². The Morgan fingerprint density at radius 1 is 1.06 bits per heavy atom. The highest BCUT2D eigenvalue weighted by atomic mass is 32.2. The number of ketones is 1. The third-order valence-electron chi connectivity index (χ3n) is 3.15. The van der Waals surface area contributed by atoms with Crippen LogP contribution in [0, 0.1) is 20.2 Å². The van der Waals surface area contributed by atoms with E-state index in [4.69, 9.17) is 9.84 Å². The first kappa shape index (κ1) is 28.3. The summed E-state index contributed by atoms with van der Waals surface area (Å²) in [5.74, 6) is -5.27. The van der Waals surface area contributed by atoms with Crippen LogP contribution in [-0.4, -0.2) is 75.9 Å². The van der Waals surface area contributed by atoms with E-state index in [1.54, 1.807) is 0 Å². The SMILES string of the molecule is CC(=O)C(=O)N[C@@H](CSNC(=O)CCCC(=O)O)C(=O)OC[C@@H](CO[N+](=O)[O-])O[N+](=O)[O-]. The average molecular weight is 484 g/mol. The van der Waals surface area contributed by atoms with Gasteiger partial charge in [0.1, 0.15) is 19.3 Å². The highest BCUT2D eigenvalue weighted by molar-refractivity contribution is 7.98. The van der Waals surface area contributed by atoms with Gasteiger partial charge in [0.05, 0.1) is 0 Å². The number of carboxylic acids is 1. The van der Waals surface area contributed by atoms with Crippen molar-refractivity contribution in [1.29, 1.82) is 0 Å². The second-order valence-corrected chi connectivity index (χ2v) is 6.59. The lowest BCUT2D eigenvalue weighted by molar-refractivity contribution is -0.790. The summed E-state index contributed by atoms with van der Waals surface area (Å²) in [6, 6.07) is -1.50. The monoisotopic (exact) mass is 484 g/mol. The third-order valence-corrected chi connectivity index (χ3v) is 4.02. The zero-order valence-electron chi connectivity index (χ0n) is 16.5. The Morgan fingerprint density at radius 3 is 2.25 bits per heavy atom. The van der Waals surface area contributed by atoms with E-state index in [2.05, 4.69) is 14.4 Å². The van der Waals surface area contributed by atoms with Gasteiger partial charge < -0.3 is 29.6 Å². The van der Waals surface area contributed by atoms with Crippen LogP contribution in [-0.2, 0) is 38.4 Å². The van der Waals surface area contributed by atoms with Crippen LogP contribution in [0.2, 0.25) is 0 Å². The summed E-state index contributed by atoms with van der Waals surface area (Å²) in [5, 5.41) is 28.6. The molecule has 0 aromatic heterocycles. The van der Waals surface area contributed by atoms with E-state index >= 15 is 0 Å². The third kappa shape index (κ3) is 14.3. The fourth-order valence-corrected chi connectivity index (χ4v) is 2.47. The molecule has 0 heterocycles. The Bertz CT molecular complexity index is 731. The molecule has 0 spiro atoms. The number of aliphatic carboxylic acids is 1. The first-order chi connectivity index (χ1) is 14.9.